The van der Waals surface area contributed by atoms with E-state index >= 15 is 0 Å². The maximum atomic E-state index is 10.9. The van der Waals surface area contributed by atoms with E-state index in [-0.39, 0.29) is 31.0 Å². The van der Waals surface area contributed by atoms with Gasteiger partial charge < -0.3 is 6.53 Å². The summed E-state index contributed by atoms with van der Waals surface area (Å²) in [6.45, 7) is 2.18. The van der Waals surface area contributed by atoms with Gasteiger partial charge in [0, 0.05) is 12.0 Å². The second kappa shape index (κ2) is 6.39. The third kappa shape index (κ3) is 3.44. The van der Waals surface area contributed by atoms with Crippen molar-refractivity contribution in [2.24, 2.45) is 0 Å². The van der Waals surface area contributed by atoms with Crippen LogP contribution in [0.3, 0.4) is 0 Å². The van der Waals surface area contributed by atoms with E-state index in [1.165, 1.54) is 18.4 Å². The number of hydrogen-bond donors (Lipinski definition) is 1. The van der Waals surface area contributed by atoms with E-state index in [0.717, 1.165) is 17.5 Å². The van der Waals surface area contributed by atoms with Crippen LogP contribution in [0.2, 0.25) is 0 Å². The van der Waals surface area contributed by atoms with E-state index in [9.17, 15) is 4.79 Å². The summed E-state index contributed by atoms with van der Waals surface area (Å²) in [5, 5.41) is 8.93. The van der Waals surface area contributed by atoms with E-state index in [0.29, 0.717) is 12.0 Å². The summed E-state index contributed by atoms with van der Waals surface area (Å²) in [5.74, 6) is -0.800. The van der Waals surface area contributed by atoms with Gasteiger partial charge >= 0.3 is 35.5 Å². The zero-order valence-electron chi connectivity index (χ0n) is 11.5. The van der Waals surface area contributed by atoms with Crippen LogP contribution in [-0.2, 0) is 17.6 Å². The van der Waals surface area contributed by atoms with Crippen LogP contribution in [0.15, 0.2) is 23.8 Å². The van der Waals surface area contributed by atoms with Crippen LogP contribution in [0, 0.1) is 0 Å². The zero-order chi connectivity index (χ0) is 11.5. The molecule has 3 heteroatoms. The summed E-state index contributed by atoms with van der Waals surface area (Å²) in [6.07, 6.45) is 5.83. The average Bonchev–Trinajstić information content (AvgIpc) is 2.69. The largest absolute Gasteiger partial charge is 1.00 e. The predicted octanol–water partition coefficient (Wildman–Crippen LogP) is 0.170. The topological polar surface area (TPSA) is 37.3 Å². The molecule has 17 heavy (non-hydrogen) atoms. The Kier molecular flexibility index (Phi) is 5.44. The van der Waals surface area contributed by atoms with Gasteiger partial charge in [-0.05, 0) is 35.6 Å². The first-order valence-electron chi connectivity index (χ1n) is 5.76. The smallest absolute Gasteiger partial charge is 1.00 e. The molecule has 1 aromatic rings. The van der Waals surface area contributed by atoms with Crippen molar-refractivity contribution in [3.05, 3.63) is 40.5 Å². The van der Waals surface area contributed by atoms with E-state index < -0.39 is 5.97 Å². The van der Waals surface area contributed by atoms with Crippen molar-refractivity contribution >= 4 is 12.0 Å². The number of benzene rings is 1. The summed E-state index contributed by atoms with van der Waals surface area (Å²) in [7, 11) is 0. The fourth-order valence-electron chi connectivity index (χ4n) is 2.06. The summed E-state index contributed by atoms with van der Waals surface area (Å²) in [6, 6.07) is 6.31. The van der Waals surface area contributed by atoms with Gasteiger partial charge in [-0.25, -0.2) is 4.79 Å². The molecule has 0 radical (unpaired) electrons. The first-order valence-corrected chi connectivity index (χ1v) is 5.76. The second-order valence-corrected chi connectivity index (χ2v) is 4.29. The predicted molar refractivity (Wildman–Crippen MR) is 65.5 cm³/mol. The first kappa shape index (κ1) is 14.5. The van der Waals surface area contributed by atoms with Gasteiger partial charge in [-0.2, -0.15) is 0 Å². The van der Waals surface area contributed by atoms with Gasteiger partial charge in [0.05, 0.1) is 0 Å². The molecule has 0 heterocycles. The third-order valence-corrected chi connectivity index (χ3v) is 3.01. The average molecular weight is 240 g/mol. The van der Waals surface area contributed by atoms with Crippen LogP contribution in [0.1, 0.15) is 37.9 Å². The Balaban J connectivity index is 0.00000144. The molecule has 2 rings (SSSR count). The molecule has 0 fully saturated rings. The van der Waals surface area contributed by atoms with Crippen LogP contribution in [0.4, 0.5) is 0 Å². The Morgan fingerprint density at radius 2 is 2.24 bits per heavy atom. The molecule has 0 aliphatic heterocycles. The maximum absolute atomic E-state index is 10.9. The van der Waals surface area contributed by atoms with Gasteiger partial charge in [-0.3, -0.25) is 0 Å². The molecule has 86 valence electrons. The van der Waals surface area contributed by atoms with Crippen LogP contribution in [0.5, 0.6) is 0 Å². The number of carbonyl (C=O) groups is 1. The molecule has 1 aromatic carbocycles. The molecule has 0 saturated carbocycles. The van der Waals surface area contributed by atoms with Gasteiger partial charge in [0.15, 0.2) is 0 Å². The quantitative estimate of drug-likeness (QED) is 0.762. The van der Waals surface area contributed by atoms with Crippen molar-refractivity contribution in [2.75, 3.05) is 0 Å². The molecule has 0 bridgehead atoms. The van der Waals surface area contributed by atoms with Crippen molar-refractivity contribution in [2.45, 2.75) is 32.6 Å². The molecule has 0 saturated heterocycles. The number of carboxylic acids is 1. The molecule has 2 nitrogen and oxygen atoms in total. The van der Waals surface area contributed by atoms with Crippen molar-refractivity contribution in [1.29, 1.82) is 0 Å². The minimum Gasteiger partial charge on any atom is -1.00 e. The second-order valence-electron chi connectivity index (χ2n) is 4.29. The number of carboxylic acid groups (broad SMARTS) is 1. The summed E-state index contributed by atoms with van der Waals surface area (Å²) in [4.78, 5) is 10.9. The number of rotatable bonds is 4. The minimum atomic E-state index is -0.800. The minimum absolute atomic E-state index is 0. The molecule has 0 aromatic heterocycles. The van der Waals surface area contributed by atoms with Crippen LogP contribution in [0.25, 0.3) is 6.08 Å². The Hall–Kier alpha value is -0.570. The Morgan fingerprint density at radius 1 is 1.47 bits per heavy atom. The molecular formula is C14H17NaO2. The molecule has 1 aliphatic carbocycles. The summed E-state index contributed by atoms with van der Waals surface area (Å²) >= 11 is 0. The van der Waals surface area contributed by atoms with Gasteiger partial charge in [-0.1, -0.05) is 31.5 Å². The number of fused-ring (bicyclic) bond motifs is 1. The first-order chi connectivity index (χ1) is 7.70. The monoisotopic (exact) mass is 240 g/mol. The Morgan fingerprint density at radius 3 is 2.88 bits per heavy atom. The van der Waals surface area contributed by atoms with E-state index in [1.807, 2.05) is 0 Å². The third-order valence-electron chi connectivity index (χ3n) is 3.01. The van der Waals surface area contributed by atoms with Gasteiger partial charge in [0.25, 0.3) is 0 Å². The number of hydrogen-bond acceptors (Lipinski definition) is 1. The van der Waals surface area contributed by atoms with Crippen LogP contribution >= 0.6 is 0 Å². The molecule has 0 amide bonds. The van der Waals surface area contributed by atoms with Crippen molar-refractivity contribution in [3.8, 4) is 0 Å². The zero-order valence-corrected chi connectivity index (χ0v) is 12.5. The van der Waals surface area contributed by atoms with Crippen LogP contribution < -0.4 is 29.6 Å². The fraction of sp³-hybridized carbons (Fsp3) is 0.357. The fourth-order valence-corrected chi connectivity index (χ4v) is 2.06. The van der Waals surface area contributed by atoms with E-state index in [4.69, 9.17) is 5.11 Å². The number of aliphatic carboxylic acids is 1. The van der Waals surface area contributed by atoms with Crippen molar-refractivity contribution in [1.82, 2.24) is 0 Å². The Labute approximate surface area is 126 Å². The standard InChI is InChI=1S/C14H16O2.Na.H/c1-2-3-4-10-5-6-11-8-13(14(15)16)9-12(11)7-10;;/h5-7,9H,2-4,8H2,1H3,(H,15,16);;/q;+1;-1. The summed E-state index contributed by atoms with van der Waals surface area (Å²) < 4.78 is 0. The van der Waals surface area contributed by atoms with E-state index in [2.05, 4.69) is 25.1 Å². The number of unbranched alkanes of at least 4 members (excludes halogenated alkanes) is 1. The maximum Gasteiger partial charge on any atom is 1.00 e. The van der Waals surface area contributed by atoms with Gasteiger partial charge in [-0.15, -0.1) is 0 Å². The number of aryl methyl sites for hydroxylation is 1. The molecular weight excluding hydrogens is 223 g/mol. The summed E-state index contributed by atoms with van der Waals surface area (Å²) in [5.41, 5.74) is 4.04. The van der Waals surface area contributed by atoms with Crippen LogP contribution in [-0.4, -0.2) is 11.1 Å². The molecule has 0 unspecified atom stereocenters. The van der Waals surface area contributed by atoms with Gasteiger partial charge in [0.2, 0.25) is 0 Å². The molecule has 0 spiro atoms. The molecule has 1 aliphatic rings. The van der Waals surface area contributed by atoms with E-state index in [1.54, 1.807) is 6.08 Å². The normalized spacial score (nSPS) is 12.6. The van der Waals surface area contributed by atoms with Crippen molar-refractivity contribution in [3.63, 3.8) is 0 Å². The Bertz CT molecular complexity index is 455. The van der Waals surface area contributed by atoms with Crippen molar-refractivity contribution < 1.29 is 40.9 Å². The SMILES string of the molecule is CCCCc1ccc2c(c1)C=C(C(=O)O)C2.[H-].[Na+]. The molecule has 1 N–H and O–H groups in total. The van der Waals surface area contributed by atoms with Gasteiger partial charge in [0.1, 0.15) is 0 Å². The molecule has 0 atom stereocenters.